The van der Waals surface area contributed by atoms with Gasteiger partial charge in [-0.3, -0.25) is 9.59 Å². The number of aromatic amines is 1. The highest BCUT2D eigenvalue weighted by atomic mass is 19.1. The minimum Gasteiger partial charge on any atom is -0.360 e. The Kier molecular flexibility index (Phi) is 4.29. The fourth-order valence-electron chi connectivity index (χ4n) is 3.67. The third-order valence-corrected chi connectivity index (χ3v) is 5.15. The van der Waals surface area contributed by atoms with Crippen molar-refractivity contribution in [2.24, 2.45) is 0 Å². The third kappa shape index (κ3) is 3.01. The number of likely N-dealkylation sites (tertiary alicyclic amines) is 1. The molecule has 2 heterocycles. The lowest BCUT2D eigenvalue weighted by atomic mass is 9.89. The van der Waals surface area contributed by atoms with E-state index in [9.17, 15) is 14.0 Å². The number of rotatable bonds is 3. The van der Waals surface area contributed by atoms with Crippen molar-refractivity contribution in [3.8, 4) is 0 Å². The van der Waals surface area contributed by atoms with Crippen LogP contribution in [-0.2, 0) is 4.79 Å². The number of benzene rings is 2. The van der Waals surface area contributed by atoms with Crippen molar-refractivity contribution in [3.63, 3.8) is 0 Å². The van der Waals surface area contributed by atoms with Crippen molar-refractivity contribution < 1.29 is 14.0 Å². The average Bonchev–Trinajstić information content (AvgIpc) is 3.12. The quantitative estimate of drug-likeness (QED) is 0.575. The normalized spacial score (nSPS) is 15.3. The summed E-state index contributed by atoms with van der Waals surface area (Å²) in [6.45, 7) is 1.07. The summed E-state index contributed by atoms with van der Waals surface area (Å²) in [4.78, 5) is 30.0. The van der Waals surface area contributed by atoms with Crippen molar-refractivity contribution in [2.75, 3.05) is 13.1 Å². The first-order chi connectivity index (χ1) is 12.6. The maximum absolute atomic E-state index is 13.1. The zero-order valence-corrected chi connectivity index (χ0v) is 14.2. The molecule has 0 atom stereocenters. The number of nitrogens with one attached hydrogen (secondary N) is 1. The smallest absolute Gasteiger partial charge is 0.295 e. The van der Waals surface area contributed by atoms with Crippen LogP contribution in [0.25, 0.3) is 10.9 Å². The SMILES string of the molecule is O=C(C(=O)N1CCC(c2ccc(F)cc2)CC1)c1c[nH]c2ccccc12. The van der Waals surface area contributed by atoms with E-state index in [1.165, 1.54) is 12.1 Å². The molecule has 5 heteroatoms. The predicted molar refractivity (Wildman–Crippen MR) is 97.6 cm³/mol. The zero-order chi connectivity index (χ0) is 18.1. The van der Waals surface area contributed by atoms with Gasteiger partial charge in [0.1, 0.15) is 5.82 Å². The summed E-state index contributed by atoms with van der Waals surface area (Å²) in [6.07, 6.45) is 3.16. The fourth-order valence-corrected chi connectivity index (χ4v) is 3.67. The number of Topliss-reactive ketones (excluding diaryl/α,β-unsaturated/α-hetero) is 1. The Bertz CT molecular complexity index is 954. The Balaban J connectivity index is 1.45. The minimum atomic E-state index is -0.470. The summed E-state index contributed by atoms with van der Waals surface area (Å²) in [5, 5.41) is 0.770. The fraction of sp³-hybridized carbons (Fsp3) is 0.238. The summed E-state index contributed by atoms with van der Waals surface area (Å²) >= 11 is 0. The van der Waals surface area contributed by atoms with Gasteiger partial charge >= 0.3 is 0 Å². The van der Waals surface area contributed by atoms with E-state index >= 15 is 0 Å². The number of hydrogen-bond acceptors (Lipinski definition) is 2. The molecule has 0 bridgehead atoms. The second-order valence-corrected chi connectivity index (χ2v) is 6.70. The highest BCUT2D eigenvalue weighted by molar-refractivity contribution is 6.44. The molecule has 1 amide bonds. The first kappa shape index (κ1) is 16.5. The molecular formula is C21H19FN2O2. The van der Waals surface area contributed by atoms with E-state index in [2.05, 4.69) is 4.98 Å². The van der Waals surface area contributed by atoms with Crippen molar-refractivity contribution in [3.05, 3.63) is 71.7 Å². The van der Waals surface area contributed by atoms with E-state index < -0.39 is 11.7 Å². The van der Waals surface area contributed by atoms with Gasteiger partial charge in [-0.2, -0.15) is 0 Å². The van der Waals surface area contributed by atoms with Crippen LogP contribution in [0.4, 0.5) is 4.39 Å². The van der Waals surface area contributed by atoms with Gasteiger partial charge in [0.15, 0.2) is 0 Å². The second-order valence-electron chi connectivity index (χ2n) is 6.70. The van der Waals surface area contributed by atoms with Gasteiger partial charge < -0.3 is 9.88 Å². The maximum Gasteiger partial charge on any atom is 0.295 e. The number of hydrogen-bond donors (Lipinski definition) is 1. The van der Waals surface area contributed by atoms with Gasteiger partial charge in [-0.25, -0.2) is 4.39 Å². The van der Waals surface area contributed by atoms with E-state index in [-0.39, 0.29) is 5.82 Å². The van der Waals surface area contributed by atoms with Gasteiger partial charge in [0.25, 0.3) is 11.7 Å². The first-order valence-corrected chi connectivity index (χ1v) is 8.78. The number of halogens is 1. The Morgan fingerprint density at radius 3 is 2.42 bits per heavy atom. The molecule has 1 N–H and O–H groups in total. The van der Waals surface area contributed by atoms with Crippen LogP contribution in [0.15, 0.2) is 54.7 Å². The van der Waals surface area contributed by atoms with Gasteiger partial charge in [0, 0.05) is 30.2 Å². The Morgan fingerprint density at radius 1 is 1.00 bits per heavy atom. The summed E-state index contributed by atoms with van der Waals surface area (Å²) in [5.41, 5.74) is 2.35. The number of carbonyl (C=O) groups is 2. The van der Waals surface area contributed by atoms with E-state index in [1.807, 2.05) is 24.3 Å². The molecule has 1 saturated heterocycles. The van der Waals surface area contributed by atoms with Gasteiger partial charge in [-0.1, -0.05) is 30.3 Å². The van der Waals surface area contributed by atoms with Crippen LogP contribution in [0.2, 0.25) is 0 Å². The molecule has 4 nitrogen and oxygen atoms in total. The van der Waals surface area contributed by atoms with Gasteiger partial charge in [0.05, 0.1) is 5.56 Å². The van der Waals surface area contributed by atoms with Crippen LogP contribution in [0, 0.1) is 5.82 Å². The highest BCUT2D eigenvalue weighted by Gasteiger charge is 2.29. The summed E-state index contributed by atoms with van der Waals surface area (Å²) in [6, 6.07) is 14.0. The molecule has 0 radical (unpaired) electrons. The maximum atomic E-state index is 13.1. The van der Waals surface area contributed by atoms with Crippen LogP contribution >= 0.6 is 0 Å². The molecule has 0 saturated carbocycles. The monoisotopic (exact) mass is 350 g/mol. The number of para-hydroxylation sites is 1. The molecule has 4 rings (SSSR count). The number of ketones is 1. The number of piperidine rings is 1. The predicted octanol–water partition coefficient (Wildman–Crippen LogP) is 3.90. The number of amides is 1. The number of aromatic nitrogens is 1. The number of carbonyl (C=O) groups excluding carboxylic acids is 2. The summed E-state index contributed by atoms with van der Waals surface area (Å²) in [7, 11) is 0. The molecule has 3 aromatic rings. The standard InChI is InChI=1S/C21H19FN2O2/c22-16-7-5-14(6-8-16)15-9-11-24(12-10-15)21(26)20(25)18-13-23-19-4-2-1-3-17(18)19/h1-8,13,15,23H,9-12H2. The molecule has 132 valence electrons. The van der Waals surface area contributed by atoms with Gasteiger partial charge in [0.2, 0.25) is 0 Å². The molecule has 0 unspecified atom stereocenters. The van der Waals surface area contributed by atoms with E-state index in [0.29, 0.717) is 24.6 Å². The molecule has 0 spiro atoms. The van der Waals surface area contributed by atoms with Crippen molar-refractivity contribution in [2.45, 2.75) is 18.8 Å². The molecule has 1 fully saturated rings. The lowest BCUT2D eigenvalue weighted by molar-refractivity contribution is -0.127. The lowest BCUT2D eigenvalue weighted by Crippen LogP contribution is -2.41. The van der Waals surface area contributed by atoms with Crippen LogP contribution < -0.4 is 0 Å². The summed E-state index contributed by atoms with van der Waals surface area (Å²) < 4.78 is 13.1. The molecule has 0 aliphatic carbocycles. The van der Waals surface area contributed by atoms with Gasteiger partial charge in [-0.15, -0.1) is 0 Å². The summed E-state index contributed by atoms with van der Waals surface area (Å²) in [5.74, 6) is -0.872. The first-order valence-electron chi connectivity index (χ1n) is 8.78. The third-order valence-electron chi connectivity index (χ3n) is 5.15. The van der Waals surface area contributed by atoms with Crippen LogP contribution in [-0.4, -0.2) is 34.7 Å². The van der Waals surface area contributed by atoms with E-state index in [0.717, 1.165) is 29.3 Å². The van der Waals surface area contributed by atoms with Crippen molar-refractivity contribution >= 4 is 22.6 Å². The molecule has 1 aliphatic rings. The number of fused-ring (bicyclic) bond motifs is 1. The van der Waals surface area contributed by atoms with Crippen LogP contribution in [0.1, 0.15) is 34.7 Å². The minimum absolute atomic E-state index is 0.245. The van der Waals surface area contributed by atoms with E-state index in [4.69, 9.17) is 0 Å². The molecular weight excluding hydrogens is 331 g/mol. The Morgan fingerprint density at radius 2 is 1.69 bits per heavy atom. The second kappa shape index (κ2) is 6.75. The molecule has 1 aromatic heterocycles. The molecule has 1 aliphatic heterocycles. The highest BCUT2D eigenvalue weighted by Crippen LogP contribution is 2.28. The van der Waals surface area contributed by atoms with Crippen molar-refractivity contribution in [1.82, 2.24) is 9.88 Å². The topological polar surface area (TPSA) is 53.2 Å². The van der Waals surface area contributed by atoms with Crippen LogP contribution in [0.5, 0.6) is 0 Å². The van der Waals surface area contributed by atoms with Crippen molar-refractivity contribution in [1.29, 1.82) is 0 Å². The zero-order valence-electron chi connectivity index (χ0n) is 14.2. The Hall–Kier alpha value is -2.95. The van der Waals surface area contributed by atoms with Crippen LogP contribution in [0.3, 0.4) is 0 Å². The Labute approximate surface area is 150 Å². The molecule has 2 aromatic carbocycles. The van der Waals surface area contributed by atoms with E-state index in [1.54, 1.807) is 23.2 Å². The largest absolute Gasteiger partial charge is 0.360 e. The lowest BCUT2D eigenvalue weighted by Gasteiger charge is -2.31. The number of nitrogens with zero attached hydrogens (tertiary/aromatic N) is 1. The average molecular weight is 350 g/mol. The molecule has 26 heavy (non-hydrogen) atoms. The van der Waals surface area contributed by atoms with Gasteiger partial charge in [-0.05, 0) is 42.5 Å². The number of H-pyrrole nitrogens is 1.